The standard InChI is InChI=1S/C22H31N3O4/c23-21(28)16-6-10-24(11-7-16)12-8-19-15-25(13-9-18(19)14-20(26)27)22(29)17-4-2-1-3-5-17/h1-5,16,18-19H,6-15H2,(H2,23,28)(H,26,27)/t18-,19-/m0/s1. The van der Waals surface area contributed by atoms with E-state index < -0.39 is 5.97 Å². The van der Waals surface area contributed by atoms with E-state index in [1.54, 1.807) is 0 Å². The Labute approximate surface area is 171 Å². The van der Waals surface area contributed by atoms with Gasteiger partial charge in [-0.3, -0.25) is 9.59 Å². The fourth-order valence-electron chi connectivity index (χ4n) is 4.79. The lowest BCUT2D eigenvalue weighted by atomic mass is 9.80. The van der Waals surface area contributed by atoms with Crippen LogP contribution in [0.3, 0.4) is 0 Å². The number of primary amides is 1. The van der Waals surface area contributed by atoms with Gasteiger partial charge in [-0.1, -0.05) is 18.2 Å². The molecule has 7 nitrogen and oxygen atoms in total. The maximum absolute atomic E-state index is 12.8. The minimum Gasteiger partial charge on any atom is -0.550 e. The molecule has 0 unspecified atom stereocenters. The fourth-order valence-corrected chi connectivity index (χ4v) is 4.79. The molecular formula is C22H31N3O4. The van der Waals surface area contributed by atoms with Crippen molar-refractivity contribution in [2.24, 2.45) is 23.5 Å². The molecule has 2 saturated heterocycles. The number of quaternary nitrogens is 1. The zero-order chi connectivity index (χ0) is 20.8. The summed E-state index contributed by atoms with van der Waals surface area (Å²) in [6, 6.07) is 9.23. The van der Waals surface area contributed by atoms with Gasteiger partial charge in [0, 0.05) is 49.8 Å². The molecule has 2 aliphatic rings. The zero-order valence-electron chi connectivity index (χ0n) is 16.8. The molecular weight excluding hydrogens is 370 g/mol. The second kappa shape index (κ2) is 9.87. The summed E-state index contributed by atoms with van der Waals surface area (Å²) >= 11 is 0. The van der Waals surface area contributed by atoms with E-state index in [9.17, 15) is 19.5 Å². The Morgan fingerprint density at radius 1 is 1.07 bits per heavy atom. The van der Waals surface area contributed by atoms with Crippen molar-refractivity contribution in [3.8, 4) is 0 Å². The Bertz CT molecular complexity index is 716. The first-order chi connectivity index (χ1) is 13.9. The van der Waals surface area contributed by atoms with Gasteiger partial charge in [0.15, 0.2) is 0 Å². The van der Waals surface area contributed by atoms with Crippen molar-refractivity contribution < 1.29 is 24.4 Å². The van der Waals surface area contributed by atoms with Gasteiger partial charge in [0.25, 0.3) is 5.91 Å². The van der Waals surface area contributed by atoms with Crippen molar-refractivity contribution in [3.05, 3.63) is 35.9 Å². The van der Waals surface area contributed by atoms with E-state index in [1.807, 2.05) is 35.2 Å². The third kappa shape index (κ3) is 5.79. The summed E-state index contributed by atoms with van der Waals surface area (Å²) < 4.78 is 0. The maximum Gasteiger partial charge on any atom is 0.253 e. The molecule has 2 atom stereocenters. The molecule has 3 rings (SSSR count). The fraction of sp³-hybridized carbons (Fsp3) is 0.591. The number of piperidine rings is 2. The molecule has 7 heteroatoms. The van der Waals surface area contributed by atoms with Gasteiger partial charge in [-0.15, -0.1) is 0 Å². The number of likely N-dealkylation sites (tertiary alicyclic amines) is 2. The normalized spacial score (nSPS) is 27.4. The van der Waals surface area contributed by atoms with Crippen LogP contribution < -0.4 is 15.7 Å². The van der Waals surface area contributed by atoms with Gasteiger partial charge >= 0.3 is 0 Å². The summed E-state index contributed by atoms with van der Waals surface area (Å²) in [6.07, 6.45) is 3.24. The summed E-state index contributed by atoms with van der Waals surface area (Å²) in [5, 5.41) is 11.2. The number of carbonyl (C=O) groups excluding carboxylic acids is 3. The predicted octanol–water partition coefficient (Wildman–Crippen LogP) is -0.925. The molecule has 2 amide bonds. The number of carboxylic acid groups (broad SMARTS) is 1. The van der Waals surface area contributed by atoms with E-state index in [2.05, 4.69) is 0 Å². The second-order valence-corrected chi connectivity index (χ2v) is 8.47. The van der Waals surface area contributed by atoms with Crippen LogP contribution in [0.5, 0.6) is 0 Å². The van der Waals surface area contributed by atoms with Crippen molar-refractivity contribution in [1.82, 2.24) is 4.90 Å². The van der Waals surface area contributed by atoms with Crippen LogP contribution in [0.1, 0.15) is 42.5 Å². The molecule has 29 heavy (non-hydrogen) atoms. The molecule has 1 aromatic carbocycles. The van der Waals surface area contributed by atoms with Gasteiger partial charge in [0.2, 0.25) is 5.91 Å². The lowest BCUT2D eigenvalue weighted by Crippen LogP contribution is -3.13. The summed E-state index contributed by atoms with van der Waals surface area (Å²) in [6.45, 7) is 3.92. The Balaban J connectivity index is 1.58. The van der Waals surface area contributed by atoms with Crippen LogP contribution in [0.2, 0.25) is 0 Å². The van der Waals surface area contributed by atoms with Gasteiger partial charge in [-0.05, 0) is 36.8 Å². The Hall–Kier alpha value is -2.41. The molecule has 0 saturated carbocycles. The van der Waals surface area contributed by atoms with Crippen molar-refractivity contribution >= 4 is 17.8 Å². The number of nitrogens with zero attached hydrogens (tertiary/aromatic N) is 1. The Kier molecular flexibility index (Phi) is 7.25. The quantitative estimate of drug-likeness (QED) is 0.616. The van der Waals surface area contributed by atoms with Crippen LogP contribution in [-0.2, 0) is 9.59 Å². The van der Waals surface area contributed by atoms with E-state index in [0.717, 1.165) is 38.9 Å². The molecule has 0 aromatic heterocycles. The summed E-state index contributed by atoms with van der Waals surface area (Å²) in [5.74, 6) is -1.04. The third-order valence-electron chi connectivity index (χ3n) is 6.59. The number of carboxylic acids is 1. The average molecular weight is 402 g/mol. The van der Waals surface area contributed by atoms with E-state index >= 15 is 0 Å². The monoisotopic (exact) mass is 401 g/mol. The van der Waals surface area contributed by atoms with Crippen molar-refractivity contribution in [1.29, 1.82) is 0 Å². The summed E-state index contributed by atoms with van der Waals surface area (Å²) in [5.41, 5.74) is 6.08. The van der Waals surface area contributed by atoms with Gasteiger partial charge in [-0.2, -0.15) is 0 Å². The van der Waals surface area contributed by atoms with Gasteiger partial charge in [-0.25, -0.2) is 0 Å². The molecule has 0 radical (unpaired) electrons. The highest BCUT2D eigenvalue weighted by atomic mass is 16.4. The van der Waals surface area contributed by atoms with Crippen molar-refractivity contribution in [2.45, 2.75) is 32.1 Å². The summed E-state index contributed by atoms with van der Waals surface area (Å²) in [4.78, 5) is 38.7. The third-order valence-corrected chi connectivity index (χ3v) is 6.59. The van der Waals surface area contributed by atoms with Gasteiger partial charge in [0.05, 0.1) is 19.6 Å². The first kappa shape index (κ1) is 21.3. The van der Waals surface area contributed by atoms with Crippen LogP contribution in [0.25, 0.3) is 0 Å². The SMILES string of the molecule is NC(=O)C1CC[NH+](CC[C@H]2CN(C(=O)c3ccccc3)CC[C@H]2CC(=O)[O-])CC1. The average Bonchev–Trinajstić information content (AvgIpc) is 2.73. The molecule has 1 aromatic rings. The van der Waals surface area contributed by atoms with Gasteiger partial charge in [0.1, 0.15) is 0 Å². The van der Waals surface area contributed by atoms with Crippen LogP contribution in [-0.4, -0.2) is 55.4 Å². The van der Waals surface area contributed by atoms with Crippen LogP contribution in [0, 0.1) is 17.8 Å². The number of aliphatic carboxylic acids is 1. The van der Waals surface area contributed by atoms with Gasteiger partial charge < -0.3 is 25.4 Å². The smallest absolute Gasteiger partial charge is 0.253 e. The van der Waals surface area contributed by atoms with Crippen LogP contribution in [0.15, 0.2) is 30.3 Å². The molecule has 2 aliphatic heterocycles. The number of hydrogen-bond donors (Lipinski definition) is 2. The molecule has 2 heterocycles. The molecule has 158 valence electrons. The lowest BCUT2D eigenvalue weighted by Gasteiger charge is -2.39. The number of nitrogens with two attached hydrogens (primary N) is 1. The minimum absolute atomic E-state index is 0.0112. The number of rotatable bonds is 7. The number of amides is 2. The van der Waals surface area contributed by atoms with Crippen LogP contribution in [0.4, 0.5) is 0 Å². The molecule has 0 spiro atoms. The Morgan fingerprint density at radius 3 is 2.38 bits per heavy atom. The van der Waals surface area contributed by atoms with E-state index in [4.69, 9.17) is 5.73 Å². The molecule has 0 bridgehead atoms. The first-order valence-corrected chi connectivity index (χ1v) is 10.6. The molecule has 2 fully saturated rings. The lowest BCUT2D eigenvalue weighted by molar-refractivity contribution is -0.906. The largest absolute Gasteiger partial charge is 0.550 e. The first-order valence-electron chi connectivity index (χ1n) is 10.6. The number of carbonyl (C=O) groups is 3. The zero-order valence-corrected chi connectivity index (χ0v) is 16.8. The number of nitrogens with one attached hydrogen (secondary N) is 1. The second-order valence-electron chi connectivity index (χ2n) is 8.47. The molecule has 3 N–H and O–H groups in total. The van der Waals surface area contributed by atoms with E-state index in [-0.39, 0.29) is 36.0 Å². The molecule has 0 aliphatic carbocycles. The van der Waals surface area contributed by atoms with E-state index in [0.29, 0.717) is 25.1 Å². The minimum atomic E-state index is -1.02. The predicted molar refractivity (Wildman–Crippen MR) is 106 cm³/mol. The Morgan fingerprint density at radius 2 is 1.76 bits per heavy atom. The maximum atomic E-state index is 12.8. The highest BCUT2D eigenvalue weighted by molar-refractivity contribution is 5.94. The highest BCUT2D eigenvalue weighted by Gasteiger charge is 2.33. The highest BCUT2D eigenvalue weighted by Crippen LogP contribution is 2.29. The number of hydrogen-bond acceptors (Lipinski definition) is 4. The van der Waals surface area contributed by atoms with Crippen molar-refractivity contribution in [3.63, 3.8) is 0 Å². The number of benzene rings is 1. The van der Waals surface area contributed by atoms with Crippen molar-refractivity contribution in [2.75, 3.05) is 32.7 Å². The van der Waals surface area contributed by atoms with Crippen LogP contribution >= 0.6 is 0 Å². The van der Waals surface area contributed by atoms with E-state index in [1.165, 1.54) is 4.90 Å². The summed E-state index contributed by atoms with van der Waals surface area (Å²) in [7, 11) is 0. The topological polar surface area (TPSA) is 108 Å².